The molecule has 2 rings (SSSR count). The molecule has 0 aliphatic rings. The first kappa shape index (κ1) is 10.1. The lowest BCUT2D eigenvalue weighted by Gasteiger charge is -2.04. The molecule has 0 unspecified atom stereocenters. The summed E-state index contributed by atoms with van der Waals surface area (Å²) < 4.78 is 0. The highest BCUT2D eigenvalue weighted by atomic mass is 35.5. The van der Waals surface area contributed by atoms with Gasteiger partial charge in [0.1, 0.15) is 5.02 Å². The van der Waals surface area contributed by atoms with Crippen LogP contribution in [0.15, 0.2) is 22.7 Å². The van der Waals surface area contributed by atoms with Crippen LogP contribution in [0.5, 0.6) is 0 Å². The smallest absolute Gasteiger partial charge is 0.285 e. The average Bonchev–Trinajstić information content (AvgIpc) is 2.73. The van der Waals surface area contributed by atoms with Crippen LogP contribution in [0.25, 0.3) is 0 Å². The Morgan fingerprint density at radius 1 is 1.53 bits per heavy atom. The zero-order chi connectivity index (χ0) is 10.7. The number of nitrogens with zero attached hydrogens (tertiary/aromatic N) is 2. The van der Waals surface area contributed by atoms with Crippen molar-refractivity contribution >= 4 is 28.6 Å². The molecule has 2 aromatic rings. The number of aromatic nitrogens is 3. The van der Waals surface area contributed by atoms with Crippen LogP contribution in [0.2, 0.25) is 5.02 Å². The molecule has 0 saturated heterocycles. The van der Waals surface area contributed by atoms with Crippen LogP contribution in [0.1, 0.15) is 4.88 Å². The first-order chi connectivity index (χ1) is 7.27. The highest BCUT2D eigenvalue weighted by Crippen LogP contribution is 2.16. The van der Waals surface area contributed by atoms with Gasteiger partial charge in [-0.15, -0.1) is 11.3 Å². The average molecular weight is 243 g/mol. The Morgan fingerprint density at radius 2 is 2.40 bits per heavy atom. The van der Waals surface area contributed by atoms with Gasteiger partial charge in [-0.2, -0.15) is 5.10 Å². The molecular weight excluding hydrogens is 236 g/mol. The maximum absolute atomic E-state index is 11.1. The summed E-state index contributed by atoms with van der Waals surface area (Å²) >= 11 is 7.30. The van der Waals surface area contributed by atoms with Crippen LogP contribution in [-0.4, -0.2) is 15.2 Å². The molecule has 0 radical (unpaired) electrons. The second-order valence-corrected chi connectivity index (χ2v) is 4.10. The van der Waals surface area contributed by atoms with Gasteiger partial charge in [-0.05, 0) is 0 Å². The van der Waals surface area contributed by atoms with Crippen LogP contribution in [-0.2, 0) is 6.54 Å². The van der Waals surface area contributed by atoms with Crippen LogP contribution in [0.4, 0.5) is 5.69 Å². The van der Waals surface area contributed by atoms with E-state index in [0.29, 0.717) is 12.2 Å². The summed E-state index contributed by atoms with van der Waals surface area (Å²) in [5.41, 5.74) is 1.87. The Kier molecular flexibility index (Phi) is 2.98. The van der Waals surface area contributed by atoms with Gasteiger partial charge in [0, 0.05) is 11.1 Å². The van der Waals surface area contributed by atoms with Crippen LogP contribution < -0.4 is 10.9 Å². The quantitative estimate of drug-likeness (QED) is 0.856. The first-order valence-corrected chi connectivity index (χ1v) is 5.37. The summed E-state index contributed by atoms with van der Waals surface area (Å²) in [6.45, 7) is 0.579. The Bertz CT molecular complexity index is 496. The predicted octanol–water partition coefficient (Wildman–Crippen LogP) is 1.49. The minimum Gasteiger partial charge on any atom is -0.377 e. The van der Waals surface area contributed by atoms with Gasteiger partial charge in [-0.25, -0.2) is 5.10 Å². The Labute approximate surface area is 94.1 Å². The van der Waals surface area contributed by atoms with E-state index >= 15 is 0 Å². The molecule has 0 bridgehead atoms. The fraction of sp³-hybridized carbons (Fsp3) is 0.125. The number of rotatable bonds is 3. The summed E-state index contributed by atoms with van der Waals surface area (Å²) in [6, 6.07) is 0. The van der Waals surface area contributed by atoms with Crippen molar-refractivity contribution < 1.29 is 0 Å². The lowest BCUT2D eigenvalue weighted by Crippen LogP contribution is -2.11. The van der Waals surface area contributed by atoms with E-state index in [1.165, 1.54) is 17.5 Å². The van der Waals surface area contributed by atoms with Crippen molar-refractivity contribution in [1.82, 2.24) is 15.2 Å². The van der Waals surface area contributed by atoms with Crippen LogP contribution >= 0.6 is 22.9 Å². The summed E-state index contributed by atoms with van der Waals surface area (Å²) in [5.74, 6) is 0. The lowest BCUT2D eigenvalue weighted by molar-refractivity contribution is 0.983. The largest absolute Gasteiger partial charge is 0.377 e. The number of aromatic amines is 1. The van der Waals surface area contributed by atoms with Crippen molar-refractivity contribution in [3.8, 4) is 0 Å². The lowest BCUT2D eigenvalue weighted by atomic mass is 10.4. The van der Waals surface area contributed by atoms with Crippen LogP contribution in [0, 0.1) is 0 Å². The summed E-state index contributed by atoms with van der Waals surface area (Å²) in [6.07, 6.45) is 3.23. The molecule has 5 nitrogen and oxygen atoms in total. The van der Waals surface area contributed by atoms with Crippen molar-refractivity contribution in [1.29, 1.82) is 0 Å². The molecule has 2 N–H and O–H groups in total. The number of nitrogens with one attached hydrogen (secondary N) is 2. The zero-order valence-electron chi connectivity index (χ0n) is 7.53. The van der Waals surface area contributed by atoms with Crippen LogP contribution in [0.3, 0.4) is 0 Å². The molecule has 0 saturated carbocycles. The van der Waals surface area contributed by atoms with Gasteiger partial charge >= 0.3 is 0 Å². The van der Waals surface area contributed by atoms with Gasteiger partial charge in [0.05, 0.1) is 23.9 Å². The molecule has 78 valence electrons. The highest BCUT2D eigenvalue weighted by molar-refractivity contribution is 7.09. The maximum atomic E-state index is 11.1. The molecule has 0 aliphatic carbocycles. The summed E-state index contributed by atoms with van der Waals surface area (Å²) in [7, 11) is 0. The van der Waals surface area contributed by atoms with Gasteiger partial charge in [0.2, 0.25) is 0 Å². The molecule has 0 amide bonds. The molecule has 7 heteroatoms. The SMILES string of the molecule is O=c1[nH]ncc(NCc2cncs2)c1Cl. The van der Waals surface area contributed by atoms with E-state index in [2.05, 4.69) is 20.5 Å². The van der Waals surface area contributed by atoms with E-state index in [-0.39, 0.29) is 5.02 Å². The monoisotopic (exact) mass is 242 g/mol. The molecule has 0 aliphatic heterocycles. The fourth-order valence-corrected chi connectivity index (χ4v) is 1.71. The topological polar surface area (TPSA) is 70.7 Å². The van der Waals surface area contributed by atoms with Gasteiger partial charge < -0.3 is 5.32 Å². The number of hydrogen-bond donors (Lipinski definition) is 2. The van der Waals surface area contributed by atoms with E-state index < -0.39 is 5.56 Å². The second kappa shape index (κ2) is 4.41. The van der Waals surface area contributed by atoms with Crippen molar-refractivity contribution in [2.24, 2.45) is 0 Å². The van der Waals surface area contributed by atoms with E-state index in [1.54, 1.807) is 11.7 Å². The maximum Gasteiger partial charge on any atom is 0.285 e. The van der Waals surface area contributed by atoms with E-state index in [1.807, 2.05) is 0 Å². The van der Waals surface area contributed by atoms with Gasteiger partial charge in [-0.1, -0.05) is 11.6 Å². The molecule has 2 heterocycles. The summed E-state index contributed by atoms with van der Waals surface area (Å²) in [5, 5.41) is 9.03. The normalized spacial score (nSPS) is 10.2. The van der Waals surface area contributed by atoms with E-state index in [0.717, 1.165) is 4.88 Å². The minimum atomic E-state index is -0.397. The third-order valence-electron chi connectivity index (χ3n) is 1.73. The van der Waals surface area contributed by atoms with Gasteiger partial charge in [-0.3, -0.25) is 9.78 Å². The van der Waals surface area contributed by atoms with Crippen molar-refractivity contribution in [2.45, 2.75) is 6.54 Å². The van der Waals surface area contributed by atoms with E-state index in [4.69, 9.17) is 11.6 Å². The Morgan fingerprint density at radius 3 is 3.13 bits per heavy atom. The predicted molar refractivity (Wildman–Crippen MR) is 59.3 cm³/mol. The van der Waals surface area contributed by atoms with Gasteiger partial charge in [0.25, 0.3) is 5.56 Å². The number of hydrogen-bond acceptors (Lipinski definition) is 5. The molecule has 0 aromatic carbocycles. The fourth-order valence-electron chi connectivity index (χ4n) is 1.02. The molecule has 0 atom stereocenters. The first-order valence-electron chi connectivity index (χ1n) is 4.12. The minimum absolute atomic E-state index is 0.120. The summed E-state index contributed by atoms with van der Waals surface area (Å²) in [4.78, 5) is 16.1. The molecule has 0 spiro atoms. The number of halogens is 1. The van der Waals surface area contributed by atoms with Crippen molar-refractivity contribution in [3.05, 3.63) is 38.2 Å². The third kappa shape index (κ3) is 2.34. The number of thiazole rings is 1. The van der Waals surface area contributed by atoms with E-state index in [9.17, 15) is 4.79 Å². The Hall–Kier alpha value is -1.40. The molecule has 15 heavy (non-hydrogen) atoms. The Balaban J connectivity index is 2.12. The van der Waals surface area contributed by atoms with Crippen molar-refractivity contribution in [2.75, 3.05) is 5.32 Å². The van der Waals surface area contributed by atoms with Crippen molar-refractivity contribution in [3.63, 3.8) is 0 Å². The molecule has 2 aromatic heterocycles. The zero-order valence-corrected chi connectivity index (χ0v) is 9.10. The number of H-pyrrole nitrogens is 1. The standard InChI is InChI=1S/C8H7ClN4OS/c9-7-6(3-12-13-8(7)14)11-2-5-1-10-4-15-5/h1,3-4H,2H2,(H2,11,13,14). The highest BCUT2D eigenvalue weighted by Gasteiger charge is 2.04. The van der Waals surface area contributed by atoms with Gasteiger partial charge in [0.15, 0.2) is 0 Å². The molecular formula is C8H7ClN4OS. The third-order valence-corrected chi connectivity index (χ3v) is 2.89. The second-order valence-electron chi connectivity index (χ2n) is 2.75. The number of anilines is 1. The molecule has 0 fully saturated rings.